The van der Waals surface area contributed by atoms with Crippen LogP contribution in [0.15, 0.2) is 23.3 Å². The van der Waals surface area contributed by atoms with Crippen molar-refractivity contribution in [3.8, 4) is 11.5 Å². The molecule has 1 aliphatic rings. The van der Waals surface area contributed by atoms with Crippen molar-refractivity contribution in [3.63, 3.8) is 0 Å². The van der Waals surface area contributed by atoms with Crippen LogP contribution >= 0.6 is 0 Å². The van der Waals surface area contributed by atoms with Gasteiger partial charge in [0.05, 0.1) is 20.4 Å². The molecule has 1 heterocycles. The predicted octanol–water partition coefficient (Wildman–Crippen LogP) is 1.68. The number of hydrogen-bond acceptors (Lipinski definition) is 5. The smallest absolute Gasteiger partial charge is 0.292 e. The summed E-state index contributed by atoms with van der Waals surface area (Å²) in [6.07, 6.45) is 4.41. The van der Waals surface area contributed by atoms with Crippen molar-refractivity contribution in [2.75, 3.05) is 14.2 Å². The van der Waals surface area contributed by atoms with Gasteiger partial charge in [-0.05, 0) is 31.4 Å². The number of carbonyl (C=O) groups excluding carboxylic acids is 1. The molecular weight excluding hydrogens is 296 g/mol. The fourth-order valence-electron chi connectivity index (χ4n) is 2.65. The molecule has 0 unspecified atom stereocenters. The quantitative estimate of drug-likeness (QED) is 0.649. The third kappa shape index (κ3) is 3.03. The summed E-state index contributed by atoms with van der Waals surface area (Å²) in [5.41, 5.74) is 5.72. The summed E-state index contributed by atoms with van der Waals surface area (Å²) in [5, 5.41) is 11.0. The van der Waals surface area contributed by atoms with Crippen LogP contribution in [0.25, 0.3) is 0 Å². The standard InChI is InChI=1S/C16H18N4O3/c1-22-11-7-6-10(14(8-11)23-2)9-17-20-16(21)15-12-4-3-5-13(12)18-19-15/h6-9H,3-5H2,1-2H3,(H,18,19)(H,20,21). The minimum Gasteiger partial charge on any atom is -0.497 e. The third-order valence-corrected chi connectivity index (χ3v) is 3.83. The summed E-state index contributed by atoms with van der Waals surface area (Å²) < 4.78 is 10.4. The van der Waals surface area contributed by atoms with Crippen molar-refractivity contribution in [2.45, 2.75) is 19.3 Å². The van der Waals surface area contributed by atoms with E-state index in [0.29, 0.717) is 17.2 Å². The summed E-state index contributed by atoms with van der Waals surface area (Å²) >= 11 is 0. The van der Waals surface area contributed by atoms with E-state index in [2.05, 4.69) is 20.7 Å². The fourth-order valence-corrected chi connectivity index (χ4v) is 2.65. The number of H-pyrrole nitrogens is 1. The van der Waals surface area contributed by atoms with Gasteiger partial charge in [-0.3, -0.25) is 9.89 Å². The summed E-state index contributed by atoms with van der Waals surface area (Å²) in [4.78, 5) is 12.2. The van der Waals surface area contributed by atoms with Crippen LogP contribution in [0, 0.1) is 0 Å². The van der Waals surface area contributed by atoms with Crippen molar-refractivity contribution in [1.29, 1.82) is 0 Å². The van der Waals surface area contributed by atoms with Crippen LogP contribution in [0.4, 0.5) is 0 Å². The zero-order valence-corrected chi connectivity index (χ0v) is 13.0. The van der Waals surface area contributed by atoms with Crippen molar-refractivity contribution < 1.29 is 14.3 Å². The molecule has 3 rings (SSSR count). The first-order chi connectivity index (χ1) is 11.2. The van der Waals surface area contributed by atoms with Gasteiger partial charge >= 0.3 is 0 Å². The van der Waals surface area contributed by atoms with Crippen LogP contribution in [-0.4, -0.2) is 36.5 Å². The molecule has 0 saturated heterocycles. The van der Waals surface area contributed by atoms with Crippen molar-refractivity contribution >= 4 is 12.1 Å². The van der Waals surface area contributed by atoms with Crippen LogP contribution in [0.1, 0.15) is 33.7 Å². The number of ether oxygens (including phenoxy) is 2. The van der Waals surface area contributed by atoms with Gasteiger partial charge in [0.15, 0.2) is 5.69 Å². The van der Waals surface area contributed by atoms with E-state index in [1.54, 1.807) is 32.4 Å². The number of hydrogen-bond donors (Lipinski definition) is 2. The second-order valence-corrected chi connectivity index (χ2v) is 5.19. The zero-order valence-electron chi connectivity index (χ0n) is 13.0. The van der Waals surface area contributed by atoms with Gasteiger partial charge in [-0.15, -0.1) is 0 Å². The minimum absolute atomic E-state index is 0.312. The van der Waals surface area contributed by atoms with E-state index in [9.17, 15) is 4.79 Å². The Kier molecular flexibility index (Phi) is 4.27. The highest BCUT2D eigenvalue weighted by molar-refractivity contribution is 5.95. The number of benzene rings is 1. The van der Waals surface area contributed by atoms with E-state index in [1.165, 1.54) is 6.21 Å². The maximum Gasteiger partial charge on any atom is 0.292 e. The summed E-state index contributed by atoms with van der Waals surface area (Å²) in [6.45, 7) is 0. The molecule has 0 radical (unpaired) electrons. The highest BCUT2D eigenvalue weighted by Gasteiger charge is 2.22. The number of hydrazone groups is 1. The van der Waals surface area contributed by atoms with E-state index in [-0.39, 0.29) is 5.91 Å². The SMILES string of the molecule is COc1ccc(C=NNC(=O)c2n[nH]c3c2CCC3)c(OC)c1. The van der Waals surface area contributed by atoms with Crippen molar-refractivity contribution in [3.05, 3.63) is 40.7 Å². The second kappa shape index (κ2) is 6.51. The fraction of sp³-hybridized carbons (Fsp3) is 0.312. The number of nitrogens with zero attached hydrogens (tertiary/aromatic N) is 2. The Hall–Kier alpha value is -2.83. The predicted molar refractivity (Wildman–Crippen MR) is 85.2 cm³/mol. The lowest BCUT2D eigenvalue weighted by Gasteiger charge is -2.06. The van der Waals surface area contributed by atoms with E-state index in [1.807, 2.05) is 0 Å². The molecule has 1 aromatic heterocycles. The van der Waals surface area contributed by atoms with Crippen LogP contribution in [0.2, 0.25) is 0 Å². The van der Waals surface area contributed by atoms with Crippen LogP contribution in [0.5, 0.6) is 11.5 Å². The number of amides is 1. The molecule has 1 aliphatic carbocycles. The summed E-state index contributed by atoms with van der Waals surface area (Å²) in [6, 6.07) is 5.36. The molecule has 0 aliphatic heterocycles. The molecule has 23 heavy (non-hydrogen) atoms. The van der Waals surface area contributed by atoms with Crippen molar-refractivity contribution in [2.24, 2.45) is 5.10 Å². The maximum absolute atomic E-state index is 12.2. The van der Waals surface area contributed by atoms with Crippen LogP contribution in [0.3, 0.4) is 0 Å². The van der Waals surface area contributed by atoms with E-state index < -0.39 is 0 Å². The number of fused-ring (bicyclic) bond motifs is 1. The lowest BCUT2D eigenvalue weighted by atomic mass is 10.2. The summed E-state index contributed by atoms with van der Waals surface area (Å²) in [7, 11) is 3.16. The number of carbonyl (C=O) groups is 1. The molecule has 2 N–H and O–H groups in total. The van der Waals surface area contributed by atoms with Gasteiger partial charge in [0.1, 0.15) is 11.5 Å². The summed E-state index contributed by atoms with van der Waals surface area (Å²) in [5.74, 6) is 0.992. The van der Waals surface area contributed by atoms with Gasteiger partial charge in [0.2, 0.25) is 0 Å². The first-order valence-corrected chi connectivity index (χ1v) is 7.34. The number of methoxy groups -OCH3 is 2. The number of aromatic amines is 1. The van der Waals surface area contributed by atoms with Gasteiger partial charge in [-0.2, -0.15) is 10.2 Å². The van der Waals surface area contributed by atoms with E-state index in [0.717, 1.165) is 36.1 Å². The molecular formula is C16H18N4O3. The normalized spacial score (nSPS) is 13.1. The molecule has 1 amide bonds. The Bertz CT molecular complexity index is 752. The number of nitrogens with one attached hydrogen (secondary N) is 2. The van der Waals surface area contributed by atoms with Crippen LogP contribution < -0.4 is 14.9 Å². The van der Waals surface area contributed by atoms with E-state index in [4.69, 9.17) is 9.47 Å². The number of aromatic nitrogens is 2. The molecule has 7 nitrogen and oxygen atoms in total. The second-order valence-electron chi connectivity index (χ2n) is 5.19. The van der Waals surface area contributed by atoms with Gasteiger partial charge in [0, 0.05) is 22.9 Å². The largest absolute Gasteiger partial charge is 0.497 e. The zero-order chi connectivity index (χ0) is 16.2. The molecule has 1 aromatic carbocycles. The Morgan fingerprint density at radius 2 is 2.22 bits per heavy atom. The molecule has 7 heteroatoms. The topological polar surface area (TPSA) is 88.6 Å². The van der Waals surface area contributed by atoms with Gasteiger partial charge in [-0.25, -0.2) is 5.43 Å². The monoisotopic (exact) mass is 314 g/mol. The average Bonchev–Trinajstić information content (AvgIpc) is 3.18. The Balaban J connectivity index is 1.70. The first kappa shape index (κ1) is 15.1. The third-order valence-electron chi connectivity index (χ3n) is 3.83. The maximum atomic E-state index is 12.2. The lowest BCUT2D eigenvalue weighted by molar-refractivity contribution is 0.0949. The first-order valence-electron chi connectivity index (χ1n) is 7.34. The minimum atomic E-state index is -0.312. The molecule has 0 atom stereocenters. The van der Waals surface area contributed by atoms with Gasteiger partial charge < -0.3 is 9.47 Å². The van der Waals surface area contributed by atoms with Gasteiger partial charge in [-0.1, -0.05) is 0 Å². The molecule has 0 saturated carbocycles. The average molecular weight is 314 g/mol. The molecule has 0 bridgehead atoms. The number of aryl methyl sites for hydroxylation is 1. The molecule has 2 aromatic rings. The molecule has 0 spiro atoms. The number of rotatable bonds is 5. The Morgan fingerprint density at radius 3 is 3.00 bits per heavy atom. The van der Waals surface area contributed by atoms with Crippen molar-refractivity contribution in [1.82, 2.24) is 15.6 Å². The Morgan fingerprint density at radius 1 is 1.35 bits per heavy atom. The van der Waals surface area contributed by atoms with Gasteiger partial charge in [0.25, 0.3) is 5.91 Å². The van der Waals surface area contributed by atoms with E-state index >= 15 is 0 Å². The Labute approximate surface area is 133 Å². The highest BCUT2D eigenvalue weighted by atomic mass is 16.5. The van der Waals surface area contributed by atoms with Crippen LogP contribution in [-0.2, 0) is 12.8 Å². The lowest BCUT2D eigenvalue weighted by Crippen LogP contribution is -2.19. The highest BCUT2D eigenvalue weighted by Crippen LogP contribution is 2.24. The molecule has 0 fully saturated rings. The molecule has 120 valence electrons.